The predicted molar refractivity (Wildman–Crippen MR) is 98.4 cm³/mol. The molecule has 1 aromatic heterocycles. The number of ether oxygens (including phenoxy) is 1. The van der Waals surface area contributed by atoms with E-state index in [1.807, 2.05) is 19.1 Å². The second-order valence-electron chi connectivity index (χ2n) is 6.21. The van der Waals surface area contributed by atoms with Gasteiger partial charge in [-0.15, -0.1) is 0 Å². The summed E-state index contributed by atoms with van der Waals surface area (Å²) in [5, 5.41) is 0. The van der Waals surface area contributed by atoms with E-state index in [4.69, 9.17) is 4.74 Å². The average Bonchev–Trinajstić information content (AvgIpc) is 2.73. The number of amides is 2. The third kappa shape index (κ3) is 3.69. The number of aromatic nitrogens is 1. The van der Waals surface area contributed by atoms with Crippen molar-refractivity contribution in [3.63, 3.8) is 0 Å². The Balaban J connectivity index is 1.64. The molecule has 0 N–H and O–H groups in total. The highest BCUT2D eigenvalue weighted by Crippen LogP contribution is 2.21. The molecule has 1 fully saturated rings. The number of benzene rings is 1. The smallest absolute Gasteiger partial charge is 0.255 e. The van der Waals surface area contributed by atoms with Crippen LogP contribution in [-0.4, -0.2) is 59.9 Å². The van der Waals surface area contributed by atoms with Crippen molar-refractivity contribution in [1.82, 2.24) is 14.8 Å². The van der Waals surface area contributed by atoms with E-state index in [1.165, 1.54) is 0 Å². The van der Waals surface area contributed by atoms with Crippen molar-refractivity contribution < 1.29 is 14.3 Å². The minimum atomic E-state index is -0.0390. The van der Waals surface area contributed by atoms with Crippen LogP contribution in [0, 0.1) is 0 Å². The largest absolute Gasteiger partial charge is 0.496 e. The van der Waals surface area contributed by atoms with E-state index < -0.39 is 0 Å². The van der Waals surface area contributed by atoms with E-state index >= 15 is 0 Å². The molecule has 1 saturated heterocycles. The van der Waals surface area contributed by atoms with Crippen LogP contribution in [-0.2, 0) is 6.42 Å². The Morgan fingerprint density at radius 3 is 2.23 bits per heavy atom. The van der Waals surface area contributed by atoms with Gasteiger partial charge in [-0.25, -0.2) is 0 Å². The first-order valence-electron chi connectivity index (χ1n) is 8.79. The fraction of sp³-hybridized carbons (Fsp3) is 0.350. The first-order chi connectivity index (χ1) is 12.6. The van der Waals surface area contributed by atoms with Crippen LogP contribution in [0.25, 0.3) is 0 Å². The lowest BCUT2D eigenvalue weighted by Crippen LogP contribution is -2.50. The first kappa shape index (κ1) is 17.9. The summed E-state index contributed by atoms with van der Waals surface area (Å²) in [7, 11) is 1.63. The summed E-state index contributed by atoms with van der Waals surface area (Å²) in [6.45, 7) is 4.14. The topological polar surface area (TPSA) is 62.7 Å². The molecule has 6 heteroatoms. The van der Waals surface area contributed by atoms with Gasteiger partial charge in [0.05, 0.1) is 12.7 Å². The minimum absolute atomic E-state index is 0.00386. The molecule has 0 atom stereocenters. The fourth-order valence-electron chi connectivity index (χ4n) is 3.15. The van der Waals surface area contributed by atoms with Crippen molar-refractivity contribution in [3.05, 3.63) is 59.4 Å². The molecule has 2 heterocycles. The number of hydrogen-bond acceptors (Lipinski definition) is 4. The van der Waals surface area contributed by atoms with Gasteiger partial charge in [0, 0.05) is 44.1 Å². The highest BCUT2D eigenvalue weighted by Gasteiger charge is 2.25. The Bertz CT molecular complexity index is 784. The third-order valence-corrected chi connectivity index (χ3v) is 4.67. The summed E-state index contributed by atoms with van der Waals surface area (Å²) < 4.78 is 5.32. The number of carbonyl (C=O) groups excluding carboxylic acids is 2. The summed E-state index contributed by atoms with van der Waals surface area (Å²) in [6.07, 6.45) is 4.02. The molecule has 2 aromatic rings. The summed E-state index contributed by atoms with van der Waals surface area (Å²) in [5.74, 6) is 0.759. The maximum atomic E-state index is 12.8. The average molecular weight is 353 g/mol. The van der Waals surface area contributed by atoms with Crippen LogP contribution in [0.5, 0.6) is 5.75 Å². The lowest BCUT2D eigenvalue weighted by Gasteiger charge is -2.35. The van der Waals surface area contributed by atoms with Crippen molar-refractivity contribution in [1.29, 1.82) is 0 Å². The monoisotopic (exact) mass is 353 g/mol. The van der Waals surface area contributed by atoms with Gasteiger partial charge in [-0.05, 0) is 42.3 Å². The minimum Gasteiger partial charge on any atom is -0.496 e. The molecular formula is C20H23N3O3. The SMILES string of the molecule is CCc1cc(C(=O)N2CCN(C(=O)c3cccnc3)CC2)ccc1OC. The van der Waals surface area contributed by atoms with Crippen LogP contribution in [0.15, 0.2) is 42.7 Å². The fourth-order valence-corrected chi connectivity index (χ4v) is 3.15. The number of piperazine rings is 1. The predicted octanol–water partition coefficient (Wildman–Crippen LogP) is 2.25. The Morgan fingerprint density at radius 2 is 1.69 bits per heavy atom. The summed E-state index contributed by atoms with van der Waals surface area (Å²) >= 11 is 0. The number of methoxy groups -OCH3 is 1. The molecule has 1 aliphatic rings. The number of carbonyl (C=O) groups is 2. The molecule has 0 saturated carbocycles. The van der Waals surface area contributed by atoms with Crippen molar-refractivity contribution in [2.45, 2.75) is 13.3 Å². The van der Waals surface area contributed by atoms with Crippen LogP contribution in [0.4, 0.5) is 0 Å². The lowest BCUT2D eigenvalue weighted by atomic mass is 10.1. The van der Waals surface area contributed by atoms with E-state index in [2.05, 4.69) is 4.98 Å². The molecule has 3 rings (SSSR count). The normalized spacial score (nSPS) is 14.2. The zero-order valence-corrected chi connectivity index (χ0v) is 15.1. The van der Waals surface area contributed by atoms with Gasteiger partial charge in [0.1, 0.15) is 5.75 Å². The molecule has 2 amide bonds. The van der Waals surface area contributed by atoms with Crippen LogP contribution in [0.1, 0.15) is 33.2 Å². The zero-order chi connectivity index (χ0) is 18.5. The molecule has 1 aromatic carbocycles. The van der Waals surface area contributed by atoms with Crippen LogP contribution < -0.4 is 4.74 Å². The highest BCUT2D eigenvalue weighted by atomic mass is 16.5. The Kier molecular flexibility index (Phi) is 5.51. The van der Waals surface area contributed by atoms with Crippen LogP contribution >= 0.6 is 0 Å². The Morgan fingerprint density at radius 1 is 1.04 bits per heavy atom. The molecule has 0 bridgehead atoms. The van der Waals surface area contributed by atoms with Gasteiger partial charge in [0.15, 0.2) is 0 Å². The number of aryl methyl sites for hydroxylation is 1. The maximum Gasteiger partial charge on any atom is 0.255 e. The summed E-state index contributed by atoms with van der Waals surface area (Å²) in [5.41, 5.74) is 2.26. The van der Waals surface area contributed by atoms with Crippen LogP contribution in [0.3, 0.4) is 0 Å². The number of rotatable bonds is 4. The molecule has 136 valence electrons. The number of nitrogens with zero attached hydrogens (tertiary/aromatic N) is 3. The molecule has 0 aliphatic carbocycles. The van der Waals surface area contributed by atoms with Gasteiger partial charge >= 0.3 is 0 Å². The van der Waals surface area contributed by atoms with Gasteiger partial charge in [0.2, 0.25) is 0 Å². The van der Waals surface area contributed by atoms with Gasteiger partial charge in [-0.3, -0.25) is 14.6 Å². The van der Waals surface area contributed by atoms with Gasteiger partial charge in [0.25, 0.3) is 11.8 Å². The van der Waals surface area contributed by atoms with Crippen molar-refractivity contribution >= 4 is 11.8 Å². The number of hydrogen-bond donors (Lipinski definition) is 0. The van der Waals surface area contributed by atoms with E-state index in [0.29, 0.717) is 37.3 Å². The van der Waals surface area contributed by atoms with E-state index in [1.54, 1.807) is 47.5 Å². The molecule has 26 heavy (non-hydrogen) atoms. The molecule has 0 unspecified atom stereocenters. The second-order valence-corrected chi connectivity index (χ2v) is 6.21. The van der Waals surface area contributed by atoms with Crippen molar-refractivity contribution in [3.8, 4) is 5.75 Å². The summed E-state index contributed by atoms with van der Waals surface area (Å²) in [4.78, 5) is 32.8. The second kappa shape index (κ2) is 7.99. The molecule has 0 spiro atoms. The van der Waals surface area contributed by atoms with Crippen molar-refractivity contribution in [2.75, 3.05) is 33.3 Å². The highest BCUT2D eigenvalue weighted by molar-refractivity contribution is 5.96. The van der Waals surface area contributed by atoms with Crippen molar-refractivity contribution in [2.24, 2.45) is 0 Å². The quantitative estimate of drug-likeness (QED) is 0.846. The van der Waals surface area contributed by atoms with Gasteiger partial charge < -0.3 is 14.5 Å². The van der Waals surface area contributed by atoms with E-state index in [9.17, 15) is 9.59 Å². The Hall–Kier alpha value is -2.89. The molecule has 1 aliphatic heterocycles. The van der Waals surface area contributed by atoms with E-state index in [-0.39, 0.29) is 11.8 Å². The van der Waals surface area contributed by atoms with E-state index in [0.717, 1.165) is 17.7 Å². The molecular weight excluding hydrogens is 330 g/mol. The summed E-state index contributed by atoms with van der Waals surface area (Å²) in [6, 6.07) is 9.05. The standard InChI is InChI=1S/C20H23N3O3/c1-3-15-13-16(6-7-18(15)26-2)19(24)22-9-11-23(12-10-22)20(25)17-5-4-8-21-14-17/h4-8,13-14H,3,9-12H2,1-2H3. The van der Waals surface area contributed by atoms with Crippen LogP contribution in [0.2, 0.25) is 0 Å². The molecule has 6 nitrogen and oxygen atoms in total. The zero-order valence-electron chi connectivity index (χ0n) is 15.1. The lowest BCUT2D eigenvalue weighted by molar-refractivity contribution is 0.0535. The maximum absolute atomic E-state index is 12.8. The molecule has 0 radical (unpaired) electrons. The number of pyridine rings is 1. The Labute approximate surface area is 153 Å². The van der Waals surface area contributed by atoms with Gasteiger partial charge in [-0.1, -0.05) is 6.92 Å². The third-order valence-electron chi connectivity index (χ3n) is 4.67. The van der Waals surface area contributed by atoms with Gasteiger partial charge in [-0.2, -0.15) is 0 Å². The first-order valence-corrected chi connectivity index (χ1v) is 8.79.